The van der Waals surface area contributed by atoms with E-state index in [-0.39, 0.29) is 0 Å². The van der Waals surface area contributed by atoms with Crippen molar-refractivity contribution in [2.75, 3.05) is 31.1 Å². The Morgan fingerprint density at radius 1 is 0.800 bits per heavy atom. The molecule has 2 aliphatic rings. The van der Waals surface area contributed by atoms with Crippen molar-refractivity contribution in [2.24, 2.45) is 0 Å². The van der Waals surface area contributed by atoms with Gasteiger partial charge in [0.15, 0.2) is 0 Å². The van der Waals surface area contributed by atoms with Crippen LogP contribution >= 0.6 is 0 Å². The predicted octanol–water partition coefficient (Wildman–Crippen LogP) is 7.60. The van der Waals surface area contributed by atoms with Crippen LogP contribution in [-0.2, 0) is 6.42 Å². The maximum Gasteiger partial charge on any atom is 0.0398 e. The third-order valence-corrected chi connectivity index (χ3v) is 7.43. The first-order valence-corrected chi connectivity index (χ1v) is 13.5. The molecule has 1 aromatic rings. The standard InChI is InChI=1S/C28H48N2/c1-2-22-29(27-19-10-9-11-20-27)23-14-7-5-3-4-6-8-15-24-30-25-16-18-26-17-12-13-21-28(26)30/h12-13,17,21,27H,2-11,14-16,18-20,22-25H2,1H3. The molecule has 0 radical (unpaired) electrons. The molecule has 0 N–H and O–H groups in total. The maximum absolute atomic E-state index is 2.83. The minimum Gasteiger partial charge on any atom is -0.371 e. The fourth-order valence-electron chi connectivity index (χ4n) is 5.73. The van der Waals surface area contributed by atoms with Crippen molar-refractivity contribution in [3.05, 3.63) is 29.8 Å². The van der Waals surface area contributed by atoms with Gasteiger partial charge in [-0.2, -0.15) is 0 Å². The molecule has 0 aromatic heterocycles. The maximum atomic E-state index is 2.83. The van der Waals surface area contributed by atoms with Crippen molar-refractivity contribution in [1.29, 1.82) is 0 Å². The predicted molar refractivity (Wildman–Crippen MR) is 133 cm³/mol. The monoisotopic (exact) mass is 412 g/mol. The van der Waals surface area contributed by atoms with Gasteiger partial charge in [-0.1, -0.05) is 82.9 Å². The van der Waals surface area contributed by atoms with Crippen LogP contribution in [0, 0.1) is 0 Å². The van der Waals surface area contributed by atoms with Gasteiger partial charge in [0.1, 0.15) is 0 Å². The summed E-state index contributed by atoms with van der Waals surface area (Å²) in [7, 11) is 0. The molecule has 1 fully saturated rings. The Hall–Kier alpha value is -1.02. The van der Waals surface area contributed by atoms with Gasteiger partial charge in [0.05, 0.1) is 0 Å². The van der Waals surface area contributed by atoms with E-state index in [1.165, 1.54) is 135 Å². The van der Waals surface area contributed by atoms with E-state index < -0.39 is 0 Å². The molecule has 30 heavy (non-hydrogen) atoms. The summed E-state index contributed by atoms with van der Waals surface area (Å²) in [6, 6.07) is 9.95. The Labute approximate surface area is 187 Å². The summed E-state index contributed by atoms with van der Waals surface area (Å²) in [5.74, 6) is 0. The van der Waals surface area contributed by atoms with Gasteiger partial charge in [-0.25, -0.2) is 0 Å². The summed E-state index contributed by atoms with van der Waals surface area (Å²) in [4.78, 5) is 5.46. The lowest BCUT2D eigenvalue weighted by Gasteiger charge is -2.34. The number of para-hydroxylation sites is 1. The zero-order valence-corrected chi connectivity index (χ0v) is 19.9. The third-order valence-electron chi connectivity index (χ3n) is 7.43. The first-order chi connectivity index (χ1) is 14.9. The van der Waals surface area contributed by atoms with E-state index in [1.807, 2.05) is 0 Å². The molecule has 2 heteroatoms. The highest BCUT2D eigenvalue weighted by atomic mass is 15.1. The van der Waals surface area contributed by atoms with E-state index >= 15 is 0 Å². The van der Waals surface area contributed by atoms with Crippen LogP contribution in [0.1, 0.15) is 109 Å². The van der Waals surface area contributed by atoms with Gasteiger partial charge in [0.25, 0.3) is 0 Å². The second kappa shape index (κ2) is 14.1. The number of unbranched alkanes of at least 4 members (excludes halogenated alkanes) is 7. The number of aryl methyl sites for hydroxylation is 1. The number of nitrogens with zero attached hydrogens (tertiary/aromatic N) is 2. The van der Waals surface area contributed by atoms with Crippen molar-refractivity contribution >= 4 is 5.69 Å². The van der Waals surface area contributed by atoms with Crippen molar-refractivity contribution in [1.82, 2.24) is 4.90 Å². The summed E-state index contributed by atoms with van der Waals surface area (Å²) in [6.45, 7) is 7.54. The Balaban J connectivity index is 1.18. The van der Waals surface area contributed by atoms with Crippen LogP contribution < -0.4 is 4.90 Å². The average Bonchev–Trinajstić information content (AvgIpc) is 2.80. The van der Waals surface area contributed by atoms with Crippen LogP contribution in [-0.4, -0.2) is 37.1 Å². The van der Waals surface area contributed by atoms with Gasteiger partial charge in [-0.3, -0.25) is 0 Å². The molecule has 0 saturated heterocycles. The minimum atomic E-state index is 0.908. The van der Waals surface area contributed by atoms with Crippen molar-refractivity contribution < 1.29 is 0 Å². The summed E-state index contributed by atoms with van der Waals surface area (Å²) < 4.78 is 0. The van der Waals surface area contributed by atoms with Gasteiger partial charge in [-0.15, -0.1) is 0 Å². The minimum absolute atomic E-state index is 0.908. The van der Waals surface area contributed by atoms with Crippen LogP contribution in [0.15, 0.2) is 24.3 Å². The molecular weight excluding hydrogens is 364 g/mol. The van der Waals surface area contributed by atoms with Crippen LogP contribution in [0.3, 0.4) is 0 Å². The highest BCUT2D eigenvalue weighted by Crippen LogP contribution is 2.27. The van der Waals surface area contributed by atoms with E-state index in [0.717, 1.165) is 6.04 Å². The topological polar surface area (TPSA) is 6.48 Å². The summed E-state index contributed by atoms with van der Waals surface area (Å²) in [5.41, 5.74) is 3.07. The van der Waals surface area contributed by atoms with Gasteiger partial charge in [0, 0.05) is 24.8 Å². The number of anilines is 1. The SMILES string of the molecule is CCCN(CCCCCCCCCCN1CCCc2ccccc21)C1CCCCC1. The number of hydrogen-bond donors (Lipinski definition) is 0. The fourth-order valence-corrected chi connectivity index (χ4v) is 5.73. The fraction of sp³-hybridized carbons (Fsp3) is 0.786. The first kappa shape index (κ1) is 23.6. The molecule has 1 aliphatic heterocycles. The van der Waals surface area contributed by atoms with Gasteiger partial charge in [0.2, 0.25) is 0 Å². The Kier molecular flexibility index (Phi) is 11.1. The first-order valence-electron chi connectivity index (χ1n) is 13.5. The second-order valence-electron chi connectivity index (χ2n) is 9.88. The van der Waals surface area contributed by atoms with Crippen molar-refractivity contribution in [3.63, 3.8) is 0 Å². The molecular formula is C28H48N2. The van der Waals surface area contributed by atoms with Gasteiger partial charge < -0.3 is 9.80 Å². The van der Waals surface area contributed by atoms with E-state index in [0.29, 0.717) is 0 Å². The van der Waals surface area contributed by atoms with Crippen LogP contribution in [0.25, 0.3) is 0 Å². The van der Waals surface area contributed by atoms with E-state index in [4.69, 9.17) is 0 Å². The van der Waals surface area contributed by atoms with Crippen molar-refractivity contribution in [2.45, 2.75) is 116 Å². The zero-order chi connectivity index (χ0) is 20.9. The van der Waals surface area contributed by atoms with Crippen LogP contribution in [0.2, 0.25) is 0 Å². The van der Waals surface area contributed by atoms with E-state index in [2.05, 4.69) is 41.0 Å². The van der Waals surface area contributed by atoms with Crippen LogP contribution in [0.5, 0.6) is 0 Å². The molecule has 0 atom stereocenters. The number of rotatable bonds is 14. The van der Waals surface area contributed by atoms with Crippen LogP contribution in [0.4, 0.5) is 5.69 Å². The summed E-state index contributed by atoms with van der Waals surface area (Å²) in [5, 5.41) is 0. The normalized spacial score (nSPS) is 17.5. The third kappa shape index (κ3) is 7.91. The number of fused-ring (bicyclic) bond motifs is 1. The molecule has 1 aromatic carbocycles. The number of hydrogen-bond acceptors (Lipinski definition) is 2. The molecule has 1 saturated carbocycles. The Morgan fingerprint density at radius 2 is 1.50 bits per heavy atom. The quantitative estimate of drug-likeness (QED) is 0.290. The molecule has 0 bridgehead atoms. The largest absolute Gasteiger partial charge is 0.371 e. The lowest BCUT2D eigenvalue weighted by atomic mass is 9.94. The molecule has 170 valence electrons. The van der Waals surface area contributed by atoms with E-state index in [1.54, 1.807) is 5.56 Å². The highest BCUT2D eigenvalue weighted by molar-refractivity contribution is 5.55. The number of benzene rings is 1. The lowest BCUT2D eigenvalue weighted by molar-refractivity contribution is 0.153. The Morgan fingerprint density at radius 3 is 2.27 bits per heavy atom. The van der Waals surface area contributed by atoms with E-state index in [9.17, 15) is 0 Å². The molecule has 0 amide bonds. The van der Waals surface area contributed by atoms with Gasteiger partial charge >= 0.3 is 0 Å². The zero-order valence-electron chi connectivity index (χ0n) is 19.9. The molecule has 1 heterocycles. The summed E-state index contributed by atoms with van der Waals surface area (Å²) >= 11 is 0. The molecule has 1 aliphatic carbocycles. The smallest absolute Gasteiger partial charge is 0.0398 e. The lowest BCUT2D eigenvalue weighted by Crippen LogP contribution is -2.38. The average molecular weight is 413 g/mol. The Bertz CT molecular complexity index is 564. The van der Waals surface area contributed by atoms with Crippen molar-refractivity contribution in [3.8, 4) is 0 Å². The molecule has 2 nitrogen and oxygen atoms in total. The highest BCUT2D eigenvalue weighted by Gasteiger charge is 2.19. The molecule has 0 spiro atoms. The molecule has 3 rings (SSSR count). The summed E-state index contributed by atoms with van der Waals surface area (Å²) in [6.07, 6.45) is 22.6. The van der Waals surface area contributed by atoms with Gasteiger partial charge in [-0.05, 0) is 69.7 Å². The molecule has 0 unspecified atom stereocenters. The second-order valence-corrected chi connectivity index (χ2v) is 9.88.